The van der Waals surface area contributed by atoms with Crippen LogP contribution in [0.2, 0.25) is 0 Å². The summed E-state index contributed by atoms with van der Waals surface area (Å²) in [5.41, 5.74) is -1.02. The lowest BCUT2D eigenvalue weighted by atomic mass is 10.2. The van der Waals surface area contributed by atoms with Crippen molar-refractivity contribution in [3.05, 3.63) is 47.0 Å². The number of carbonyl (C=O) groups is 2. The predicted octanol–water partition coefficient (Wildman–Crippen LogP) is 1.72. The fourth-order valence-corrected chi connectivity index (χ4v) is 1.77. The summed E-state index contributed by atoms with van der Waals surface area (Å²) < 4.78 is 14.6. The van der Waals surface area contributed by atoms with Gasteiger partial charge in [0.2, 0.25) is 0 Å². The molecule has 19 heavy (non-hydrogen) atoms. The van der Waals surface area contributed by atoms with Crippen LogP contribution in [-0.2, 0) is 0 Å². The van der Waals surface area contributed by atoms with Gasteiger partial charge in [0, 0.05) is 0 Å². The number of carboxylic acids is 2. The van der Waals surface area contributed by atoms with Crippen molar-refractivity contribution in [1.29, 1.82) is 0 Å². The maximum absolute atomic E-state index is 13.6. The molecule has 7 heteroatoms. The minimum Gasteiger partial charge on any atom is -0.478 e. The molecule has 0 aliphatic rings. The average Bonchev–Trinajstić information content (AvgIpc) is 2.68. The van der Waals surface area contributed by atoms with Crippen molar-refractivity contribution >= 4 is 11.9 Å². The number of carboxylic acid groups (broad SMARTS) is 2. The lowest BCUT2D eigenvalue weighted by molar-refractivity contribution is 0.0648. The smallest absolute Gasteiger partial charge is 0.357 e. The van der Waals surface area contributed by atoms with Gasteiger partial charge in [-0.2, -0.15) is 5.10 Å². The Balaban J connectivity index is 2.74. The van der Waals surface area contributed by atoms with Crippen molar-refractivity contribution in [3.8, 4) is 5.69 Å². The first-order valence-corrected chi connectivity index (χ1v) is 5.24. The average molecular weight is 264 g/mol. The first-order valence-electron chi connectivity index (χ1n) is 5.24. The number of benzene rings is 1. The molecule has 0 aliphatic heterocycles. The second-order valence-electron chi connectivity index (χ2n) is 3.78. The number of para-hydroxylation sites is 1. The molecule has 2 aromatic rings. The van der Waals surface area contributed by atoms with E-state index in [4.69, 9.17) is 10.2 Å². The summed E-state index contributed by atoms with van der Waals surface area (Å²) in [6.45, 7) is 1.37. The summed E-state index contributed by atoms with van der Waals surface area (Å²) in [4.78, 5) is 22.0. The van der Waals surface area contributed by atoms with Crippen LogP contribution in [0.15, 0.2) is 24.3 Å². The standard InChI is InChI=1S/C12H9FN2O4/c1-6-9(11(16)17)10(12(18)19)14-15(6)8-5-3-2-4-7(8)13/h2-5H,1H3,(H,16,17)(H,18,19). The van der Waals surface area contributed by atoms with Gasteiger partial charge in [-0.05, 0) is 19.1 Å². The molecule has 0 fully saturated rings. The van der Waals surface area contributed by atoms with E-state index in [1.54, 1.807) is 6.07 Å². The van der Waals surface area contributed by atoms with E-state index in [1.807, 2.05) is 0 Å². The third-order valence-corrected chi connectivity index (χ3v) is 2.61. The minimum atomic E-state index is -1.48. The molecule has 0 saturated heterocycles. The van der Waals surface area contributed by atoms with E-state index >= 15 is 0 Å². The summed E-state index contributed by atoms with van der Waals surface area (Å²) in [7, 11) is 0. The van der Waals surface area contributed by atoms with Crippen molar-refractivity contribution in [2.75, 3.05) is 0 Å². The van der Waals surface area contributed by atoms with Crippen LogP contribution >= 0.6 is 0 Å². The van der Waals surface area contributed by atoms with E-state index in [1.165, 1.54) is 25.1 Å². The number of nitrogens with zero attached hydrogens (tertiary/aromatic N) is 2. The van der Waals surface area contributed by atoms with Gasteiger partial charge in [-0.25, -0.2) is 18.7 Å². The van der Waals surface area contributed by atoms with Gasteiger partial charge in [0.25, 0.3) is 0 Å². The highest BCUT2D eigenvalue weighted by Crippen LogP contribution is 2.20. The SMILES string of the molecule is Cc1c(C(=O)O)c(C(=O)O)nn1-c1ccccc1F. The minimum absolute atomic E-state index is 0.00463. The number of hydrogen-bond acceptors (Lipinski definition) is 3. The van der Waals surface area contributed by atoms with Crippen LogP contribution in [0.4, 0.5) is 4.39 Å². The first-order chi connectivity index (χ1) is 8.93. The Hall–Kier alpha value is -2.70. The second kappa shape index (κ2) is 4.52. The molecule has 1 aromatic heterocycles. The molecule has 2 N–H and O–H groups in total. The number of aromatic carboxylic acids is 2. The van der Waals surface area contributed by atoms with Crippen molar-refractivity contribution in [1.82, 2.24) is 9.78 Å². The van der Waals surface area contributed by atoms with E-state index in [2.05, 4.69) is 5.10 Å². The molecule has 0 spiro atoms. The Bertz CT molecular complexity index is 678. The van der Waals surface area contributed by atoms with Crippen molar-refractivity contribution in [2.45, 2.75) is 6.92 Å². The van der Waals surface area contributed by atoms with Crippen LogP contribution in [0.1, 0.15) is 26.5 Å². The Morgan fingerprint density at radius 2 is 1.84 bits per heavy atom. The normalized spacial score (nSPS) is 10.4. The zero-order valence-corrected chi connectivity index (χ0v) is 9.79. The Morgan fingerprint density at radius 1 is 1.21 bits per heavy atom. The summed E-state index contributed by atoms with van der Waals surface area (Å²) in [5, 5.41) is 21.6. The number of aromatic nitrogens is 2. The Labute approximate surface area is 106 Å². The highest BCUT2D eigenvalue weighted by molar-refractivity contribution is 6.01. The van der Waals surface area contributed by atoms with Gasteiger partial charge in [0.1, 0.15) is 17.1 Å². The molecule has 1 aromatic carbocycles. The molecule has 0 amide bonds. The van der Waals surface area contributed by atoms with Crippen molar-refractivity contribution in [2.24, 2.45) is 0 Å². The van der Waals surface area contributed by atoms with Gasteiger partial charge < -0.3 is 10.2 Å². The Morgan fingerprint density at radius 3 is 2.32 bits per heavy atom. The molecule has 6 nitrogen and oxygen atoms in total. The first kappa shape index (κ1) is 12.7. The van der Waals surface area contributed by atoms with Crippen LogP contribution in [0.3, 0.4) is 0 Å². The molecule has 0 saturated carbocycles. The van der Waals surface area contributed by atoms with Crippen LogP contribution in [0, 0.1) is 12.7 Å². The van der Waals surface area contributed by atoms with Crippen LogP contribution in [0.25, 0.3) is 5.69 Å². The van der Waals surface area contributed by atoms with Crippen LogP contribution in [-0.4, -0.2) is 31.9 Å². The van der Waals surface area contributed by atoms with E-state index in [0.29, 0.717) is 0 Å². The highest BCUT2D eigenvalue weighted by atomic mass is 19.1. The van der Waals surface area contributed by atoms with Crippen molar-refractivity contribution < 1.29 is 24.2 Å². The van der Waals surface area contributed by atoms with Gasteiger partial charge in [0.05, 0.1) is 5.69 Å². The molecule has 0 unspecified atom stereocenters. The molecule has 1 heterocycles. The van der Waals surface area contributed by atoms with Gasteiger partial charge >= 0.3 is 11.9 Å². The molecule has 98 valence electrons. The fraction of sp³-hybridized carbons (Fsp3) is 0.0833. The molecule has 0 bridgehead atoms. The summed E-state index contributed by atoms with van der Waals surface area (Å²) in [5.74, 6) is -3.52. The van der Waals surface area contributed by atoms with E-state index in [9.17, 15) is 14.0 Å². The summed E-state index contributed by atoms with van der Waals surface area (Å²) >= 11 is 0. The largest absolute Gasteiger partial charge is 0.478 e. The van der Waals surface area contributed by atoms with E-state index in [-0.39, 0.29) is 11.4 Å². The zero-order chi connectivity index (χ0) is 14.2. The van der Waals surface area contributed by atoms with Crippen LogP contribution < -0.4 is 0 Å². The van der Waals surface area contributed by atoms with Crippen LogP contribution in [0.5, 0.6) is 0 Å². The van der Waals surface area contributed by atoms with Gasteiger partial charge in [0.15, 0.2) is 5.69 Å². The summed E-state index contributed by atoms with van der Waals surface area (Å²) in [6.07, 6.45) is 0. The number of hydrogen-bond donors (Lipinski definition) is 2. The third-order valence-electron chi connectivity index (χ3n) is 2.61. The van der Waals surface area contributed by atoms with Crippen molar-refractivity contribution in [3.63, 3.8) is 0 Å². The topological polar surface area (TPSA) is 92.4 Å². The highest BCUT2D eigenvalue weighted by Gasteiger charge is 2.26. The molecule has 0 aliphatic carbocycles. The maximum atomic E-state index is 13.6. The zero-order valence-electron chi connectivity index (χ0n) is 9.79. The predicted molar refractivity (Wildman–Crippen MR) is 62.2 cm³/mol. The third kappa shape index (κ3) is 2.05. The van der Waals surface area contributed by atoms with E-state index < -0.39 is 29.0 Å². The maximum Gasteiger partial charge on any atom is 0.357 e. The summed E-state index contributed by atoms with van der Waals surface area (Å²) in [6, 6.07) is 5.57. The molecule has 0 radical (unpaired) electrons. The van der Waals surface area contributed by atoms with E-state index in [0.717, 1.165) is 4.68 Å². The molecule has 2 rings (SSSR count). The van der Waals surface area contributed by atoms with Gasteiger partial charge in [-0.1, -0.05) is 12.1 Å². The van der Waals surface area contributed by atoms with Gasteiger partial charge in [-0.3, -0.25) is 0 Å². The second-order valence-corrected chi connectivity index (χ2v) is 3.78. The fourth-order valence-electron chi connectivity index (χ4n) is 1.77. The molecule has 0 atom stereocenters. The number of halogens is 1. The number of rotatable bonds is 3. The Kier molecular flexibility index (Phi) is 3.04. The monoisotopic (exact) mass is 264 g/mol. The van der Waals surface area contributed by atoms with Gasteiger partial charge in [-0.15, -0.1) is 0 Å². The quantitative estimate of drug-likeness (QED) is 0.880. The lowest BCUT2D eigenvalue weighted by Crippen LogP contribution is -2.07. The lowest BCUT2D eigenvalue weighted by Gasteiger charge is -2.05. The molecular weight excluding hydrogens is 255 g/mol. The molecular formula is C12H9FN2O4.